The van der Waals surface area contributed by atoms with Gasteiger partial charge >= 0.3 is 0 Å². The SMILES string of the molecule is CCN(CC)c1ccc(C(=O)N2CCc3ccccc32)nn1. The normalized spacial score (nSPS) is 13.1. The number of anilines is 2. The third-order valence-corrected chi connectivity index (χ3v) is 4.09. The minimum atomic E-state index is -0.0800. The number of hydrogen-bond donors (Lipinski definition) is 0. The number of hydrogen-bond acceptors (Lipinski definition) is 4. The van der Waals surface area contributed by atoms with Crippen LogP contribution in [0.5, 0.6) is 0 Å². The second kappa shape index (κ2) is 6.13. The van der Waals surface area contributed by atoms with Gasteiger partial charge in [-0.05, 0) is 44.0 Å². The smallest absolute Gasteiger partial charge is 0.278 e. The number of nitrogens with zero attached hydrogens (tertiary/aromatic N) is 4. The molecule has 0 saturated carbocycles. The van der Waals surface area contributed by atoms with E-state index < -0.39 is 0 Å². The first-order valence-electron chi connectivity index (χ1n) is 7.73. The Bertz CT molecular complexity index is 665. The first-order valence-corrected chi connectivity index (χ1v) is 7.73. The molecule has 1 amide bonds. The van der Waals surface area contributed by atoms with Crippen molar-refractivity contribution >= 4 is 17.4 Å². The van der Waals surface area contributed by atoms with Crippen LogP contribution in [0.3, 0.4) is 0 Å². The summed E-state index contributed by atoms with van der Waals surface area (Å²) in [6.07, 6.45) is 0.896. The van der Waals surface area contributed by atoms with E-state index in [-0.39, 0.29) is 5.91 Å². The Balaban J connectivity index is 1.82. The second-order valence-corrected chi connectivity index (χ2v) is 5.28. The Morgan fingerprint density at radius 1 is 1.14 bits per heavy atom. The van der Waals surface area contributed by atoms with Crippen molar-refractivity contribution in [2.24, 2.45) is 0 Å². The maximum atomic E-state index is 12.6. The molecule has 0 saturated heterocycles. The van der Waals surface area contributed by atoms with Crippen LogP contribution in [0, 0.1) is 0 Å². The number of rotatable bonds is 4. The molecule has 0 radical (unpaired) electrons. The van der Waals surface area contributed by atoms with Gasteiger partial charge < -0.3 is 9.80 Å². The minimum Gasteiger partial charge on any atom is -0.356 e. The fraction of sp³-hybridized carbons (Fsp3) is 0.353. The molecule has 0 fully saturated rings. The van der Waals surface area contributed by atoms with E-state index in [1.807, 2.05) is 24.3 Å². The summed E-state index contributed by atoms with van der Waals surface area (Å²) in [5.41, 5.74) is 2.60. The number of carbonyl (C=O) groups excluding carboxylic acids is 1. The summed E-state index contributed by atoms with van der Waals surface area (Å²) in [6, 6.07) is 11.7. The lowest BCUT2D eigenvalue weighted by atomic mass is 10.2. The van der Waals surface area contributed by atoms with Crippen molar-refractivity contribution < 1.29 is 4.79 Å². The first kappa shape index (κ1) is 14.5. The van der Waals surface area contributed by atoms with Crippen LogP contribution >= 0.6 is 0 Å². The Kier molecular flexibility index (Phi) is 4.04. The highest BCUT2D eigenvalue weighted by Gasteiger charge is 2.26. The van der Waals surface area contributed by atoms with Gasteiger partial charge in [0.15, 0.2) is 11.5 Å². The molecule has 114 valence electrons. The molecule has 5 heteroatoms. The molecule has 0 spiro atoms. The largest absolute Gasteiger partial charge is 0.356 e. The molecule has 2 aromatic rings. The maximum absolute atomic E-state index is 12.6. The Hall–Kier alpha value is -2.43. The van der Waals surface area contributed by atoms with Crippen LogP contribution in [0.1, 0.15) is 29.9 Å². The van der Waals surface area contributed by atoms with Crippen molar-refractivity contribution in [3.8, 4) is 0 Å². The summed E-state index contributed by atoms with van der Waals surface area (Å²) in [5.74, 6) is 0.729. The van der Waals surface area contributed by atoms with Crippen molar-refractivity contribution in [3.05, 3.63) is 47.7 Å². The molecule has 1 aromatic carbocycles. The zero-order valence-electron chi connectivity index (χ0n) is 13.0. The van der Waals surface area contributed by atoms with Crippen molar-refractivity contribution in [1.29, 1.82) is 0 Å². The van der Waals surface area contributed by atoms with Crippen LogP contribution < -0.4 is 9.80 Å². The monoisotopic (exact) mass is 296 g/mol. The first-order chi connectivity index (χ1) is 10.7. The van der Waals surface area contributed by atoms with E-state index in [0.717, 1.165) is 31.0 Å². The van der Waals surface area contributed by atoms with Gasteiger partial charge in [0.1, 0.15) is 0 Å². The number of para-hydroxylation sites is 1. The summed E-state index contributed by atoms with van der Waals surface area (Å²) in [4.78, 5) is 16.5. The molecule has 5 nitrogen and oxygen atoms in total. The van der Waals surface area contributed by atoms with E-state index >= 15 is 0 Å². The van der Waals surface area contributed by atoms with Crippen molar-refractivity contribution in [3.63, 3.8) is 0 Å². The topological polar surface area (TPSA) is 49.3 Å². The fourth-order valence-corrected chi connectivity index (χ4v) is 2.84. The average Bonchev–Trinajstić information content (AvgIpc) is 3.00. The summed E-state index contributed by atoms with van der Waals surface area (Å²) in [6.45, 7) is 6.60. The van der Waals surface area contributed by atoms with E-state index in [0.29, 0.717) is 12.2 Å². The molecule has 0 bridgehead atoms. The molecule has 0 atom stereocenters. The highest BCUT2D eigenvalue weighted by Crippen LogP contribution is 2.28. The van der Waals surface area contributed by atoms with Gasteiger partial charge in [-0.3, -0.25) is 4.79 Å². The van der Waals surface area contributed by atoms with Crippen molar-refractivity contribution in [2.75, 3.05) is 29.4 Å². The van der Waals surface area contributed by atoms with Gasteiger partial charge in [-0.25, -0.2) is 0 Å². The zero-order chi connectivity index (χ0) is 15.5. The van der Waals surface area contributed by atoms with E-state index in [1.54, 1.807) is 11.0 Å². The van der Waals surface area contributed by atoms with Crippen LogP contribution in [-0.4, -0.2) is 35.7 Å². The van der Waals surface area contributed by atoms with E-state index in [2.05, 4.69) is 35.0 Å². The molecule has 22 heavy (non-hydrogen) atoms. The van der Waals surface area contributed by atoms with Crippen molar-refractivity contribution in [1.82, 2.24) is 10.2 Å². The van der Waals surface area contributed by atoms with Gasteiger partial charge in [-0.2, -0.15) is 0 Å². The summed E-state index contributed by atoms with van der Waals surface area (Å²) in [7, 11) is 0. The highest BCUT2D eigenvalue weighted by atomic mass is 16.2. The molecule has 1 aliphatic rings. The van der Waals surface area contributed by atoms with E-state index in [9.17, 15) is 4.79 Å². The zero-order valence-corrected chi connectivity index (χ0v) is 13.0. The molecule has 0 unspecified atom stereocenters. The Labute approximate surface area is 130 Å². The predicted octanol–water partition coefficient (Wildman–Crippen LogP) is 2.53. The van der Waals surface area contributed by atoms with Crippen LogP contribution in [0.15, 0.2) is 36.4 Å². The molecule has 2 heterocycles. The van der Waals surface area contributed by atoms with Gasteiger partial charge in [0.2, 0.25) is 0 Å². The maximum Gasteiger partial charge on any atom is 0.278 e. The molecular weight excluding hydrogens is 276 g/mol. The summed E-state index contributed by atoms with van der Waals surface area (Å²) in [5, 5.41) is 8.33. The van der Waals surface area contributed by atoms with Gasteiger partial charge in [-0.15, -0.1) is 10.2 Å². The van der Waals surface area contributed by atoms with Gasteiger partial charge in [-0.1, -0.05) is 18.2 Å². The molecule has 3 rings (SSSR count). The second-order valence-electron chi connectivity index (χ2n) is 5.28. The number of benzene rings is 1. The van der Waals surface area contributed by atoms with E-state index in [1.165, 1.54) is 5.56 Å². The lowest BCUT2D eigenvalue weighted by molar-refractivity contribution is 0.0983. The lowest BCUT2D eigenvalue weighted by Crippen LogP contribution is -2.30. The number of aromatic nitrogens is 2. The summed E-state index contributed by atoms with van der Waals surface area (Å²) < 4.78 is 0. The Morgan fingerprint density at radius 3 is 2.59 bits per heavy atom. The van der Waals surface area contributed by atoms with Gasteiger partial charge in [0.25, 0.3) is 5.91 Å². The fourth-order valence-electron chi connectivity index (χ4n) is 2.84. The molecule has 1 aromatic heterocycles. The van der Waals surface area contributed by atoms with Gasteiger partial charge in [0, 0.05) is 25.3 Å². The number of fused-ring (bicyclic) bond motifs is 1. The van der Waals surface area contributed by atoms with E-state index in [4.69, 9.17) is 0 Å². The predicted molar refractivity (Wildman–Crippen MR) is 87.4 cm³/mol. The highest BCUT2D eigenvalue weighted by molar-refractivity contribution is 6.06. The van der Waals surface area contributed by atoms with Crippen LogP contribution in [0.25, 0.3) is 0 Å². The molecule has 1 aliphatic heterocycles. The van der Waals surface area contributed by atoms with Gasteiger partial charge in [0.05, 0.1) is 0 Å². The molecule has 0 aliphatic carbocycles. The standard InChI is InChI=1S/C17H20N4O/c1-3-20(4-2)16-10-9-14(18-19-16)17(22)21-12-11-13-7-5-6-8-15(13)21/h5-10H,3-4,11-12H2,1-2H3. The quantitative estimate of drug-likeness (QED) is 0.870. The Morgan fingerprint density at radius 2 is 1.91 bits per heavy atom. The molecular formula is C17H20N4O. The molecule has 0 N–H and O–H groups in total. The van der Waals surface area contributed by atoms with Crippen LogP contribution in [0.4, 0.5) is 11.5 Å². The summed E-state index contributed by atoms with van der Waals surface area (Å²) >= 11 is 0. The minimum absolute atomic E-state index is 0.0800. The van der Waals surface area contributed by atoms with Crippen LogP contribution in [-0.2, 0) is 6.42 Å². The average molecular weight is 296 g/mol. The number of carbonyl (C=O) groups is 1. The van der Waals surface area contributed by atoms with Crippen molar-refractivity contribution in [2.45, 2.75) is 20.3 Å². The third kappa shape index (κ3) is 2.54. The van der Waals surface area contributed by atoms with Crippen LogP contribution in [0.2, 0.25) is 0 Å². The number of amides is 1. The lowest BCUT2D eigenvalue weighted by Gasteiger charge is -2.20. The third-order valence-electron chi connectivity index (χ3n) is 4.09.